The summed E-state index contributed by atoms with van der Waals surface area (Å²) in [5, 5.41) is 0. The number of hydrogen-bond acceptors (Lipinski definition) is 3. The van der Waals surface area contributed by atoms with Gasteiger partial charge in [0.05, 0.1) is 10.2 Å². The van der Waals surface area contributed by atoms with E-state index < -0.39 is 0 Å². The summed E-state index contributed by atoms with van der Waals surface area (Å²) < 4.78 is 1.07. The van der Waals surface area contributed by atoms with Gasteiger partial charge in [-0.15, -0.1) is 11.3 Å². The minimum atomic E-state index is 0.792. The molecule has 2 nitrogen and oxygen atoms in total. The Morgan fingerprint density at radius 1 is 0.941 bits per heavy atom. The molecule has 0 aliphatic heterocycles. The molecule has 80 valence electrons. The minimum absolute atomic E-state index is 0.792. The first-order valence-corrected chi connectivity index (χ1v) is 6.06. The molecule has 0 bridgehead atoms. The highest BCUT2D eigenvalue weighted by molar-refractivity contribution is 7.16. The lowest BCUT2D eigenvalue weighted by Crippen LogP contribution is -1.79. The summed E-state index contributed by atoms with van der Waals surface area (Å²) in [6, 6.07) is 12.0. The fourth-order valence-electron chi connectivity index (χ4n) is 1.49. The van der Waals surface area contributed by atoms with E-state index in [9.17, 15) is 0 Å². The number of fused-ring (bicyclic) bond motifs is 1. The van der Waals surface area contributed by atoms with Crippen molar-refractivity contribution < 1.29 is 0 Å². The standard InChI is InChI=1S/C14H8N2S/c1-2-4-11(5-3-1)6-7-12-8-13-14(15-9-12)16-10-17-13/h1-5,8-10H. The Balaban J connectivity index is 1.97. The van der Waals surface area contributed by atoms with Gasteiger partial charge in [-0.25, -0.2) is 9.97 Å². The maximum Gasteiger partial charge on any atom is 0.170 e. The van der Waals surface area contributed by atoms with Crippen LogP contribution in [0.5, 0.6) is 0 Å². The Kier molecular flexibility index (Phi) is 2.57. The van der Waals surface area contributed by atoms with E-state index >= 15 is 0 Å². The molecular weight excluding hydrogens is 228 g/mol. The van der Waals surface area contributed by atoms with E-state index in [2.05, 4.69) is 21.8 Å². The zero-order valence-corrected chi connectivity index (χ0v) is 9.74. The maximum absolute atomic E-state index is 4.25. The van der Waals surface area contributed by atoms with E-state index in [0.29, 0.717) is 0 Å². The van der Waals surface area contributed by atoms with Gasteiger partial charge in [-0.1, -0.05) is 30.0 Å². The molecule has 17 heavy (non-hydrogen) atoms. The second-order valence-corrected chi connectivity index (χ2v) is 4.40. The minimum Gasteiger partial charge on any atom is -0.235 e. The second-order valence-electron chi connectivity index (χ2n) is 3.51. The number of rotatable bonds is 0. The molecule has 2 aromatic heterocycles. The first-order valence-electron chi connectivity index (χ1n) is 5.18. The number of nitrogens with zero attached hydrogens (tertiary/aromatic N) is 2. The highest BCUT2D eigenvalue weighted by Gasteiger charge is 1.97. The van der Waals surface area contributed by atoms with Crippen LogP contribution in [0.25, 0.3) is 10.3 Å². The van der Waals surface area contributed by atoms with Crippen molar-refractivity contribution in [3.63, 3.8) is 0 Å². The Morgan fingerprint density at radius 3 is 2.65 bits per heavy atom. The molecule has 0 aliphatic rings. The summed E-state index contributed by atoms with van der Waals surface area (Å²) in [6.07, 6.45) is 1.76. The van der Waals surface area contributed by atoms with E-state index in [-0.39, 0.29) is 0 Å². The summed E-state index contributed by atoms with van der Waals surface area (Å²) in [6.45, 7) is 0. The SMILES string of the molecule is C(#Cc1cnc2ncsc2c1)c1ccccc1. The average Bonchev–Trinajstić information content (AvgIpc) is 2.85. The largest absolute Gasteiger partial charge is 0.235 e. The van der Waals surface area contributed by atoms with Gasteiger partial charge in [0.1, 0.15) is 0 Å². The predicted molar refractivity (Wildman–Crippen MR) is 69.8 cm³/mol. The fraction of sp³-hybridized carbons (Fsp3) is 0. The van der Waals surface area contributed by atoms with Gasteiger partial charge >= 0.3 is 0 Å². The zero-order chi connectivity index (χ0) is 11.5. The monoisotopic (exact) mass is 236 g/mol. The molecule has 0 N–H and O–H groups in total. The van der Waals surface area contributed by atoms with Crippen LogP contribution < -0.4 is 0 Å². The lowest BCUT2D eigenvalue weighted by Gasteiger charge is -1.90. The van der Waals surface area contributed by atoms with Crippen LogP contribution in [0.4, 0.5) is 0 Å². The first-order chi connectivity index (χ1) is 8.42. The molecular formula is C14H8N2S. The van der Waals surface area contributed by atoms with Crippen molar-refractivity contribution in [2.75, 3.05) is 0 Å². The molecule has 0 unspecified atom stereocenters. The summed E-state index contributed by atoms with van der Waals surface area (Å²) in [7, 11) is 0. The molecule has 0 saturated carbocycles. The van der Waals surface area contributed by atoms with Gasteiger partial charge in [0.15, 0.2) is 5.65 Å². The van der Waals surface area contributed by atoms with Gasteiger partial charge in [0.25, 0.3) is 0 Å². The summed E-state index contributed by atoms with van der Waals surface area (Å²) in [4.78, 5) is 8.39. The Bertz CT molecular complexity index is 705. The van der Waals surface area contributed by atoms with Gasteiger partial charge in [-0.3, -0.25) is 0 Å². The van der Waals surface area contributed by atoms with Crippen molar-refractivity contribution in [3.8, 4) is 11.8 Å². The Morgan fingerprint density at radius 2 is 1.76 bits per heavy atom. The van der Waals surface area contributed by atoms with Gasteiger partial charge in [-0.05, 0) is 18.2 Å². The summed E-state index contributed by atoms with van der Waals surface area (Å²) in [5.41, 5.74) is 4.52. The molecule has 0 atom stereocenters. The van der Waals surface area contributed by atoms with Crippen LogP contribution in [0, 0.1) is 11.8 Å². The van der Waals surface area contributed by atoms with Gasteiger partial charge in [-0.2, -0.15) is 0 Å². The van der Waals surface area contributed by atoms with Crippen molar-refractivity contribution in [1.82, 2.24) is 9.97 Å². The van der Waals surface area contributed by atoms with E-state index in [1.165, 1.54) is 0 Å². The van der Waals surface area contributed by atoms with Crippen molar-refractivity contribution in [2.24, 2.45) is 0 Å². The molecule has 0 radical (unpaired) electrons. The van der Waals surface area contributed by atoms with Crippen LogP contribution >= 0.6 is 11.3 Å². The molecule has 0 saturated heterocycles. The zero-order valence-electron chi connectivity index (χ0n) is 8.92. The molecule has 2 heterocycles. The van der Waals surface area contributed by atoms with Gasteiger partial charge < -0.3 is 0 Å². The quantitative estimate of drug-likeness (QED) is 0.560. The van der Waals surface area contributed by atoms with E-state index in [0.717, 1.165) is 21.5 Å². The van der Waals surface area contributed by atoms with Crippen molar-refractivity contribution >= 4 is 21.7 Å². The number of thiazole rings is 1. The third kappa shape index (κ3) is 2.17. The smallest absolute Gasteiger partial charge is 0.170 e. The second kappa shape index (κ2) is 4.36. The van der Waals surface area contributed by atoms with Crippen LogP contribution in [0.15, 0.2) is 48.1 Å². The average molecular weight is 236 g/mol. The third-order valence-electron chi connectivity index (χ3n) is 2.31. The number of pyridine rings is 1. The van der Waals surface area contributed by atoms with Crippen LogP contribution in [0.3, 0.4) is 0 Å². The van der Waals surface area contributed by atoms with Crippen molar-refractivity contribution in [2.45, 2.75) is 0 Å². The highest BCUT2D eigenvalue weighted by atomic mass is 32.1. The molecule has 0 fully saturated rings. The lowest BCUT2D eigenvalue weighted by molar-refractivity contribution is 1.32. The number of benzene rings is 1. The maximum atomic E-state index is 4.25. The van der Waals surface area contributed by atoms with E-state index in [1.807, 2.05) is 36.4 Å². The van der Waals surface area contributed by atoms with Crippen molar-refractivity contribution in [3.05, 3.63) is 59.2 Å². The molecule has 0 amide bonds. The van der Waals surface area contributed by atoms with Crippen LogP contribution in [0.2, 0.25) is 0 Å². The van der Waals surface area contributed by atoms with Crippen LogP contribution in [-0.4, -0.2) is 9.97 Å². The lowest BCUT2D eigenvalue weighted by atomic mass is 10.2. The van der Waals surface area contributed by atoms with Crippen LogP contribution in [0.1, 0.15) is 11.1 Å². The van der Waals surface area contributed by atoms with Crippen molar-refractivity contribution in [1.29, 1.82) is 0 Å². The Labute approximate surface area is 103 Å². The van der Waals surface area contributed by atoms with Gasteiger partial charge in [0.2, 0.25) is 0 Å². The summed E-state index contributed by atoms with van der Waals surface area (Å²) in [5.74, 6) is 6.22. The summed E-state index contributed by atoms with van der Waals surface area (Å²) >= 11 is 1.58. The topological polar surface area (TPSA) is 25.8 Å². The predicted octanol–water partition coefficient (Wildman–Crippen LogP) is 3.09. The van der Waals surface area contributed by atoms with Gasteiger partial charge in [0, 0.05) is 17.3 Å². The first kappa shape index (κ1) is 10.0. The molecule has 0 aliphatic carbocycles. The number of aromatic nitrogens is 2. The normalized spacial score (nSPS) is 9.88. The van der Waals surface area contributed by atoms with Crippen LogP contribution in [-0.2, 0) is 0 Å². The van der Waals surface area contributed by atoms with E-state index in [4.69, 9.17) is 0 Å². The molecule has 3 heteroatoms. The molecule has 1 aromatic carbocycles. The third-order valence-corrected chi connectivity index (χ3v) is 3.08. The fourth-order valence-corrected chi connectivity index (χ4v) is 2.16. The Hall–Kier alpha value is -2.18. The molecule has 0 spiro atoms. The number of hydrogen-bond donors (Lipinski definition) is 0. The molecule has 3 rings (SSSR count). The van der Waals surface area contributed by atoms with E-state index in [1.54, 1.807) is 23.0 Å². The molecule has 3 aromatic rings. The highest BCUT2D eigenvalue weighted by Crippen LogP contribution is 2.15.